The van der Waals surface area contributed by atoms with E-state index in [2.05, 4.69) is 10.2 Å². The maximum Gasteiger partial charge on any atom is 0.410 e. The third-order valence-electron chi connectivity index (χ3n) is 7.63. The van der Waals surface area contributed by atoms with Crippen molar-refractivity contribution in [2.75, 3.05) is 32.7 Å². The first-order valence-corrected chi connectivity index (χ1v) is 12.9. The topological polar surface area (TPSA) is 71.1 Å². The summed E-state index contributed by atoms with van der Waals surface area (Å²) in [6.45, 7) is 9.09. The van der Waals surface area contributed by atoms with E-state index in [1.807, 2.05) is 51.1 Å². The molecule has 1 aromatic rings. The van der Waals surface area contributed by atoms with Crippen LogP contribution in [-0.2, 0) is 16.1 Å². The Balaban J connectivity index is 1.13. The second kappa shape index (κ2) is 10.7. The lowest BCUT2D eigenvalue weighted by atomic mass is 9.60. The zero-order valence-corrected chi connectivity index (χ0v) is 21.3. The van der Waals surface area contributed by atoms with Gasteiger partial charge >= 0.3 is 12.2 Å². The number of likely N-dealkylation sites (tertiary alicyclic amines) is 2. The van der Waals surface area contributed by atoms with Crippen LogP contribution in [0.4, 0.5) is 14.0 Å². The Bertz CT molecular complexity index is 859. The van der Waals surface area contributed by atoms with Gasteiger partial charge in [-0.3, -0.25) is 0 Å². The minimum atomic E-state index is -1.02. The summed E-state index contributed by atoms with van der Waals surface area (Å²) in [7, 11) is 0. The maximum atomic E-state index is 14.9. The van der Waals surface area contributed by atoms with Crippen molar-refractivity contribution in [2.24, 2.45) is 11.3 Å². The van der Waals surface area contributed by atoms with Gasteiger partial charge in [0.25, 0.3) is 0 Å². The van der Waals surface area contributed by atoms with E-state index >= 15 is 0 Å². The van der Waals surface area contributed by atoms with Crippen LogP contribution in [0, 0.1) is 11.3 Å². The lowest BCUT2D eigenvalue weighted by Gasteiger charge is -2.52. The number of halogens is 1. The summed E-state index contributed by atoms with van der Waals surface area (Å²) in [5, 5.41) is 3.00. The van der Waals surface area contributed by atoms with Crippen LogP contribution in [0.15, 0.2) is 30.3 Å². The zero-order valence-electron chi connectivity index (χ0n) is 21.3. The molecule has 0 bridgehead atoms. The highest BCUT2D eigenvalue weighted by molar-refractivity contribution is 5.68. The molecule has 194 valence electrons. The van der Waals surface area contributed by atoms with Gasteiger partial charge in [-0.25, -0.2) is 14.0 Å². The summed E-state index contributed by atoms with van der Waals surface area (Å²) in [5.41, 5.74) is 0.705. The molecule has 0 aromatic heterocycles. The molecule has 1 aromatic carbocycles. The smallest absolute Gasteiger partial charge is 0.410 e. The Hall–Kier alpha value is -2.35. The van der Waals surface area contributed by atoms with E-state index < -0.39 is 17.9 Å². The van der Waals surface area contributed by atoms with Crippen molar-refractivity contribution in [3.63, 3.8) is 0 Å². The van der Waals surface area contributed by atoms with Crippen LogP contribution in [0.25, 0.3) is 0 Å². The molecule has 0 radical (unpaired) electrons. The number of nitrogens with zero attached hydrogens (tertiary/aromatic N) is 2. The molecule has 3 aliphatic rings. The number of amides is 2. The Kier molecular flexibility index (Phi) is 7.89. The minimum Gasteiger partial charge on any atom is -0.445 e. The lowest BCUT2D eigenvalue weighted by molar-refractivity contribution is -0.0169. The molecule has 1 spiro atoms. The number of carbonyl (C=O) groups excluding carboxylic acids is 2. The Morgan fingerprint density at radius 1 is 1.11 bits per heavy atom. The number of rotatable bonds is 5. The van der Waals surface area contributed by atoms with Crippen molar-refractivity contribution in [3.05, 3.63) is 35.9 Å². The third-order valence-corrected chi connectivity index (χ3v) is 7.63. The molecule has 1 N–H and O–H groups in total. The number of carbonyl (C=O) groups is 2. The number of ether oxygens (including phenoxy) is 2. The highest BCUT2D eigenvalue weighted by atomic mass is 19.1. The highest BCUT2D eigenvalue weighted by Gasteiger charge is 2.47. The predicted molar refractivity (Wildman–Crippen MR) is 132 cm³/mol. The van der Waals surface area contributed by atoms with Crippen molar-refractivity contribution in [1.29, 1.82) is 0 Å². The molecule has 8 heteroatoms. The molecule has 4 rings (SSSR count). The maximum absolute atomic E-state index is 14.9. The molecule has 2 heterocycles. The van der Waals surface area contributed by atoms with E-state index in [-0.39, 0.29) is 31.2 Å². The Morgan fingerprint density at radius 3 is 2.43 bits per heavy atom. The molecule has 3 fully saturated rings. The van der Waals surface area contributed by atoms with Crippen LogP contribution in [0.2, 0.25) is 0 Å². The van der Waals surface area contributed by atoms with Crippen LogP contribution in [0.3, 0.4) is 0 Å². The van der Waals surface area contributed by atoms with Crippen LogP contribution >= 0.6 is 0 Å². The van der Waals surface area contributed by atoms with E-state index in [0.29, 0.717) is 18.4 Å². The van der Waals surface area contributed by atoms with Gasteiger partial charge in [-0.2, -0.15) is 0 Å². The fourth-order valence-corrected chi connectivity index (χ4v) is 5.62. The fraction of sp³-hybridized carbons (Fsp3) is 0.704. The van der Waals surface area contributed by atoms with Crippen molar-refractivity contribution >= 4 is 12.2 Å². The van der Waals surface area contributed by atoms with Crippen molar-refractivity contribution in [2.45, 2.75) is 77.3 Å². The number of hydrogen-bond acceptors (Lipinski definition) is 5. The molecule has 1 saturated carbocycles. The minimum absolute atomic E-state index is 0.0436. The SMILES string of the molecule is CC(C)(C)OC(=O)N1CC[C@@H](CN2CCC3(CC2)CC(NC(=O)OCc2ccccc2)C3)[C@@H](F)C1. The number of alkyl halides is 1. The fourth-order valence-electron chi connectivity index (χ4n) is 5.62. The molecule has 0 unspecified atom stereocenters. The van der Waals surface area contributed by atoms with Gasteiger partial charge in [0.15, 0.2) is 0 Å². The highest BCUT2D eigenvalue weighted by Crippen LogP contribution is 2.49. The van der Waals surface area contributed by atoms with E-state index in [0.717, 1.165) is 50.9 Å². The van der Waals surface area contributed by atoms with Crippen molar-refractivity contribution in [3.8, 4) is 0 Å². The van der Waals surface area contributed by atoms with Gasteiger partial charge < -0.3 is 24.6 Å². The molecular weight excluding hydrogens is 449 g/mol. The number of hydrogen-bond donors (Lipinski definition) is 1. The standard InChI is InChI=1S/C27H40FN3O4/c1-26(2,3)35-25(33)31-12-9-21(23(28)18-31)17-30-13-10-27(11-14-30)15-22(16-27)29-24(32)34-19-20-7-5-4-6-8-20/h4-8,21-23H,9-19H2,1-3H3,(H,29,32)/t21-,23-/m0/s1. The Labute approximate surface area is 208 Å². The van der Waals surface area contributed by atoms with Crippen LogP contribution < -0.4 is 5.32 Å². The van der Waals surface area contributed by atoms with Gasteiger partial charge in [0.1, 0.15) is 18.4 Å². The van der Waals surface area contributed by atoms with E-state index in [9.17, 15) is 14.0 Å². The normalized spacial score (nSPS) is 25.1. The van der Waals surface area contributed by atoms with E-state index in [1.165, 1.54) is 4.90 Å². The molecule has 2 atom stereocenters. The van der Waals surface area contributed by atoms with E-state index in [1.54, 1.807) is 0 Å². The monoisotopic (exact) mass is 489 g/mol. The summed E-state index contributed by atoms with van der Waals surface area (Å²) in [6, 6.07) is 9.85. The predicted octanol–water partition coefficient (Wildman–Crippen LogP) is 4.75. The largest absolute Gasteiger partial charge is 0.445 e. The van der Waals surface area contributed by atoms with Gasteiger partial charge in [-0.15, -0.1) is 0 Å². The summed E-state index contributed by atoms with van der Waals surface area (Å²) >= 11 is 0. The van der Waals surface area contributed by atoms with Gasteiger partial charge in [0.2, 0.25) is 0 Å². The van der Waals surface area contributed by atoms with Gasteiger partial charge in [0, 0.05) is 25.0 Å². The van der Waals surface area contributed by atoms with Crippen molar-refractivity contribution < 1.29 is 23.5 Å². The lowest BCUT2D eigenvalue weighted by Crippen LogP contribution is -2.56. The molecule has 2 amide bonds. The van der Waals surface area contributed by atoms with Gasteiger partial charge in [-0.05, 0) is 76.9 Å². The molecule has 1 aliphatic carbocycles. The third kappa shape index (κ3) is 7.09. The molecule has 2 aliphatic heterocycles. The van der Waals surface area contributed by atoms with Gasteiger partial charge in [0.05, 0.1) is 6.54 Å². The Morgan fingerprint density at radius 2 is 1.80 bits per heavy atom. The summed E-state index contributed by atoms with van der Waals surface area (Å²) in [4.78, 5) is 28.3. The second-order valence-electron chi connectivity index (χ2n) is 11.6. The average Bonchev–Trinajstić information content (AvgIpc) is 2.79. The summed E-state index contributed by atoms with van der Waals surface area (Å²) in [5.74, 6) is -0.0436. The average molecular weight is 490 g/mol. The summed E-state index contributed by atoms with van der Waals surface area (Å²) < 4.78 is 25.6. The van der Waals surface area contributed by atoms with Crippen molar-refractivity contribution in [1.82, 2.24) is 15.1 Å². The first-order valence-electron chi connectivity index (χ1n) is 12.9. The molecular formula is C27H40FN3O4. The van der Waals surface area contributed by atoms with Crippen LogP contribution in [0.5, 0.6) is 0 Å². The van der Waals surface area contributed by atoms with E-state index in [4.69, 9.17) is 9.47 Å². The number of alkyl carbamates (subject to hydrolysis) is 1. The van der Waals surface area contributed by atoms with Gasteiger partial charge in [-0.1, -0.05) is 30.3 Å². The quantitative estimate of drug-likeness (QED) is 0.646. The molecule has 7 nitrogen and oxygen atoms in total. The number of benzene rings is 1. The second-order valence-corrected chi connectivity index (χ2v) is 11.6. The molecule has 35 heavy (non-hydrogen) atoms. The van der Waals surface area contributed by atoms with Crippen LogP contribution in [-0.4, -0.2) is 72.5 Å². The number of nitrogens with one attached hydrogen (secondary N) is 1. The first-order chi connectivity index (χ1) is 16.6. The number of piperidine rings is 2. The summed E-state index contributed by atoms with van der Waals surface area (Å²) in [6.07, 6.45) is 3.01. The molecule has 2 saturated heterocycles. The zero-order chi connectivity index (χ0) is 25.1. The van der Waals surface area contributed by atoms with Crippen LogP contribution in [0.1, 0.15) is 58.4 Å². The first kappa shape index (κ1) is 25.7.